The van der Waals surface area contributed by atoms with E-state index in [9.17, 15) is 14.7 Å². The highest BCUT2D eigenvalue weighted by Crippen LogP contribution is 2.20. The summed E-state index contributed by atoms with van der Waals surface area (Å²) in [6.07, 6.45) is -1.75. The standard InChI is InChI=1S/C16H30N2O6/c1-15(2,3)23-13(20)17-8-9-18(11(10-17)12(19)22-7)14(21)24-16(4,5)6/h11,13,20H,8-10H2,1-7H3. The van der Waals surface area contributed by atoms with Crippen molar-refractivity contribution in [2.75, 3.05) is 26.7 Å². The van der Waals surface area contributed by atoms with Crippen LogP contribution in [0.5, 0.6) is 0 Å². The van der Waals surface area contributed by atoms with E-state index in [2.05, 4.69) is 0 Å². The number of nitrogens with zero attached hydrogens (tertiary/aromatic N) is 2. The first-order chi connectivity index (χ1) is 10.8. The normalized spacial score (nSPS) is 21.3. The second-order valence-corrected chi connectivity index (χ2v) is 7.76. The lowest BCUT2D eigenvalue weighted by Gasteiger charge is -2.42. The SMILES string of the molecule is COC(=O)C1CN(C(O)OC(C)(C)C)CCN1C(=O)OC(C)(C)C. The number of piperazine rings is 1. The summed E-state index contributed by atoms with van der Waals surface area (Å²) in [4.78, 5) is 27.3. The average molecular weight is 346 g/mol. The monoisotopic (exact) mass is 346 g/mol. The van der Waals surface area contributed by atoms with E-state index in [4.69, 9.17) is 14.2 Å². The molecule has 1 amide bonds. The molecule has 0 spiro atoms. The van der Waals surface area contributed by atoms with Crippen molar-refractivity contribution in [3.63, 3.8) is 0 Å². The molecule has 24 heavy (non-hydrogen) atoms. The number of hydrogen-bond donors (Lipinski definition) is 1. The number of aliphatic hydroxyl groups excluding tert-OH is 1. The summed E-state index contributed by atoms with van der Waals surface area (Å²) in [5, 5.41) is 10.2. The van der Waals surface area contributed by atoms with Gasteiger partial charge in [-0.1, -0.05) is 0 Å². The number of rotatable bonds is 3. The van der Waals surface area contributed by atoms with Crippen LogP contribution in [-0.2, 0) is 19.0 Å². The van der Waals surface area contributed by atoms with Gasteiger partial charge >= 0.3 is 12.1 Å². The third-order valence-corrected chi connectivity index (χ3v) is 3.28. The van der Waals surface area contributed by atoms with E-state index in [1.807, 2.05) is 20.8 Å². The van der Waals surface area contributed by atoms with E-state index in [0.717, 1.165) is 0 Å². The van der Waals surface area contributed by atoms with Crippen molar-refractivity contribution < 1.29 is 28.9 Å². The van der Waals surface area contributed by atoms with Crippen LogP contribution in [0.1, 0.15) is 41.5 Å². The summed E-state index contributed by atoms with van der Waals surface area (Å²) >= 11 is 0. The summed E-state index contributed by atoms with van der Waals surface area (Å²) < 4.78 is 15.6. The van der Waals surface area contributed by atoms with Crippen molar-refractivity contribution in [1.29, 1.82) is 0 Å². The molecule has 1 saturated heterocycles. The first-order valence-corrected chi connectivity index (χ1v) is 8.01. The van der Waals surface area contributed by atoms with Gasteiger partial charge in [0.15, 0.2) is 0 Å². The molecule has 0 radical (unpaired) electrons. The van der Waals surface area contributed by atoms with Gasteiger partial charge in [0, 0.05) is 19.6 Å². The molecule has 1 aliphatic rings. The van der Waals surface area contributed by atoms with E-state index in [1.54, 1.807) is 25.7 Å². The zero-order chi connectivity index (χ0) is 18.7. The molecule has 2 unspecified atom stereocenters. The fraction of sp³-hybridized carbons (Fsp3) is 0.875. The molecule has 1 N–H and O–H groups in total. The summed E-state index contributed by atoms with van der Waals surface area (Å²) in [6.45, 7) is 11.4. The number of ether oxygens (including phenoxy) is 3. The second-order valence-electron chi connectivity index (χ2n) is 7.76. The number of carbonyl (C=O) groups excluding carboxylic acids is 2. The Labute approximate surface area is 143 Å². The maximum atomic E-state index is 12.3. The Balaban J connectivity index is 2.85. The fourth-order valence-electron chi connectivity index (χ4n) is 2.27. The topological polar surface area (TPSA) is 88.5 Å². The molecule has 1 fully saturated rings. The lowest BCUT2D eigenvalue weighted by Crippen LogP contribution is -2.61. The molecule has 140 valence electrons. The van der Waals surface area contributed by atoms with Crippen molar-refractivity contribution in [3.8, 4) is 0 Å². The lowest BCUT2D eigenvalue weighted by molar-refractivity contribution is -0.246. The highest BCUT2D eigenvalue weighted by atomic mass is 16.6. The minimum absolute atomic E-state index is 0.100. The van der Waals surface area contributed by atoms with Crippen LogP contribution in [0.15, 0.2) is 0 Å². The lowest BCUT2D eigenvalue weighted by atomic mass is 10.1. The zero-order valence-electron chi connectivity index (χ0n) is 15.7. The van der Waals surface area contributed by atoms with Gasteiger partial charge in [-0.2, -0.15) is 0 Å². The highest BCUT2D eigenvalue weighted by molar-refractivity contribution is 5.82. The molecular weight excluding hydrogens is 316 g/mol. The predicted octanol–water partition coefficient (Wildman–Crippen LogP) is 1.17. The maximum absolute atomic E-state index is 12.3. The quantitative estimate of drug-likeness (QED) is 0.606. The molecule has 0 aromatic carbocycles. The van der Waals surface area contributed by atoms with Gasteiger partial charge in [0.2, 0.25) is 6.41 Å². The predicted molar refractivity (Wildman–Crippen MR) is 87.2 cm³/mol. The third-order valence-electron chi connectivity index (χ3n) is 3.28. The highest BCUT2D eigenvalue weighted by Gasteiger charge is 2.40. The van der Waals surface area contributed by atoms with Gasteiger partial charge in [-0.25, -0.2) is 9.59 Å². The first-order valence-electron chi connectivity index (χ1n) is 8.01. The largest absolute Gasteiger partial charge is 0.467 e. The molecule has 2 atom stereocenters. The molecule has 0 bridgehead atoms. The Kier molecular flexibility index (Phi) is 6.60. The van der Waals surface area contributed by atoms with Crippen LogP contribution in [0.3, 0.4) is 0 Å². The summed E-state index contributed by atoms with van der Waals surface area (Å²) in [6, 6.07) is -0.864. The fourth-order valence-corrected chi connectivity index (χ4v) is 2.27. The van der Waals surface area contributed by atoms with Crippen LogP contribution < -0.4 is 0 Å². The Morgan fingerprint density at radius 2 is 1.67 bits per heavy atom. The van der Waals surface area contributed by atoms with Gasteiger partial charge in [-0.05, 0) is 41.5 Å². The number of amides is 1. The smallest absolute Gasteiger partial charge is 0.411 e. The van der Waals surface area contributed by atoms with Crippen LogP contribution >= 0.6 is 0 Å². The van der Waals surface area contributed by atoms with E-state index in [0.29, 0.717) is 6.54 Å². The molecule has 1 rings (SSSR count). The summed E-state index contributed by atoms with van der Waals surface area (Å²) in [5.74, 6) is -0.562. The molecule has 0 aliphatic carbocycles. The molecule has 0 saturated carbocycles. The van der Waals surface area contributed by atoms with Gasteiger partial charge in [0.05, 0.1) is 12.7 Å². The minimum atomic E-state index is -1.17. The van der Waals surface area contributed by atoms with Crippen molar-refractivity contribution in [2.45, 2.75) is 65.2 Å². The van der Waals surface area contributed by atoms with E-state index in [-0.39, 0.29) is 13.1 Å². The van der Waals surface area contributed by atoms with Crippen LogP contribution in [-0.4, -0.2) is 77.4 Å². The van der Waals surface area contributed by atoms with Crippen LogP contribution in [0.4, 0.5) is 4.79 Å². The minimum Gasteiger partial charge on any atom is -0.467 e. The number of aliphatic hydroxyl groups is 1. The van der Waals surface area contributed by atoms with Crippen molar-refractivity contribution in [3.05, 3.63) is 0 Å². The van der Waals surface area contributed by atoms with Crippen LogP contribution in [0.2, 0.25) is 0 Å². The summed E-state index contributed by atoms with van der Waals surface area (Å²) in [7, 11) is 1.26. The van der Waals surface area contributed by atoms with Crippen LogP contribution in [0, 0.1) is 0 Å². The Bertz CT molecular complexity index is 454. The number of methoxy groups -OCH3 is 1. The summed E-state index contributed by atoms with van der Waals surface area (Å²) in [5.41, 5.74) is -1.20. The number of esters is 1. The Morgan fingerprint density at radius 3 is 2.12 bits per heavy atom. The first kappa shape index (κ1) is 20.7. The molecule has 1 heterocycles. The molecule has 8 heteroatoms. The Hall–Kier alpha value is -1.38. The third kappa shape index (κ3) is 6.26. The second kappa shape index (κ2) is 7.67. The zero-order valence-corrected chi connectivity index (χ0v) is 15.7. The maximum Gasteiger partial charge on any atom is 0.411 e. The van der Waals surface area contributed by atoms with Crippen molar-refractivity contribution in [2.24, 2.45) is 0 Å². The van der Waals surface area contributed by atoms with E-state index < -0.39 is 35.7 Å². The van der Waals surface area contributed by atoms with Crippen molar-refractivity contribution in [1.82, 2.24) is 9.80 Å². The number of hydrogen-bond acceptors (Lipinski definition) is 7. The van der Waals surface area contributed by atoms with Crippen LogP contribution in [0.25, 0.3) is 0 Å². The van der Waals surface area contributed by atoms with Crippen molar-refractivity contribution >= 4 is 12.1 Å². The molecule has 0 aromatic heterocycles. The van der Waals surface area contributed by atoms with Gasteiger partial charge in [-0.3, -0.25) is 9.80 Å². The van der Waals surface area contributed by atoms with E-state index >= 15 is 0 Å². The van der Waals surface area contributed by atoms with Gasteiger partial charge in [0.25, 0.3) is 0 Å². The van der Waals surface area contributed by atoms with Gasteiger partial charge in [-0.15, -0.1) is 0 Å². The van der Waals surface area contributed by atoms with Gasteiger partial charge in [0.1, 0.15) is 11.6 Å². The Morgan fingerprint density at radius 1 is 1.08 bits per heavy atom. The molecule has 8 nitrogen and oxygen atoms in total. The molecular formula is C16H30N2O6. The molecule has 0 aromatic rings. The van der Waals surface area contributed by atoms with E-state index in [1.165, 1.54) is 12.0 Å². The molecule has 1 aliphatic heterocycles. The average Bonchev–Trinajstić information content (AvgIpc) is 2.42. The number of carbonyl (C=O) groups is 2. The van der Waals surface area contributed by atoms with Gasteiger partial charge < -0.3 is 19.3 Å².